The van der Waals surface area contributed by atoms with E-state index >= 15 is 0 Å². The second-order valence-electron chi connectivity index (χ2n) is 5.73. The van der Waals surface area contributed by atoms with Gasteiger partial charge in [-0.1, -0.05) is 116 Å². The average molecular weight is 621 g/mol. The van der Waals surface area contributed by atoms with Gasteiger partial charge in [0, 0.05) is 23.5 Å². The third kappa shape index (κ3) is 4.26. The third-order valence-corrected chi connectivity index (χ3v) is 8.61. The fourth-order valence-corrected chi connectivity index (χ4v) is 5.38. The van der Waals surface area contributed by atoms with Crippen LogP contribution in [-0.4, -0.2) is 9.91 Å². The van der Waals surface area contributed by atoms with Crippen molar-refractivity contribution < 1.29 is 4.92 Å². The van der Waals surface area contributed by atoms with E-state index in [2.05, 4.69) is 4.98 Å². The summed E-state index contributed by atoms with van der Waals surface area (Å²) in [5.41, 5.74) is -0.921. The summed E-state index contributed by atoms with van der Waals surface area (Å²) in [4.78, 5) is 15.5. The maximum Gasteiger partial charge on any atom is 0.288 e. The lowest BCUT2D eigenvalue weighted by molar-refractivity contribution is -0.383. The Bertz CT molecular complexity index is 1130. The molecule has 4 nitrogen and oxygen atoms in total. The molecule has 3 rings (SSSR count). The van der Waals surface area contributed by atoms with E-state index in [1.54, 1.807) is 0 Å². The van der Waals surface area contributed by atoms with Gasteiger partial charge in [0.1, 0.15) is 0 Å². The lowest BCUT2D eigenvalue weighted by Gasteiger charge is -2.16. The van der Waals surface area contributed by atoms with E-state index in [1.165, 1.54) is 0 Å². The van der Waals surface area contributed by atoms with Crippen LogP contribution in [-0.2, 0) is 0 Å². The van der Waals surface area contributed by atoms with E-state index in [-0.39, 0.29) is 72.5 Å². The van der Waals surface area contributed by atoms with Gasteiger partial charge in [-0.05, 0) is 0 Å². The predicted molar refractivity (Wildman–Crippen MR) is 132 cm³/mol. The second kappa shape index (κ2) is 9.63. The van der Waals surface area contributed by atoms with Gasteiger partial charge in [-0.3, -0.25) is 15.1 Å². The van der Waals surface area contributed by atoms with Gasteiger partial charge in [-0.25, -0.2) is 0 Å². The highest BCUT2D eigenvalue weighted by Gasteiger charge is 2.32. The molecule has 0 saturated heterocycles. The van der Waals surface area contributed by atoms with E-state index in [0.29, 0.717) is 0 Å². The molecule has 3 aromatic rings. The van der Waals surface area contributed by atoms with Crippen molar-refractivity contribution in [3.8, 4) is 22.3 Å². The zero-order valence-electron chi connectivity index (χ0n) is 14.1. The smallest absolute Gasteiger partial charge is 0.263 e. The van der Waals surface area contributed by atoms with E-state index in [0.717, 1.165) is 12.4 Å². The molecule has 1 aromatic heterocycles. The Morgan fingerprint density at radius 3 is 1.06 bits per heavy atom. The number of nitrogens with zero attached hydrogens (tertiary/aromatic N) is 2. The molecule has 0 aliphatic heterocycles. The average Bonchev–Trinajstić information content (AvgIpc) is 2.73. The van der Waals surface area contributed by atoms with Gasteiger partial charge in [0.2, 0.25) is 0 Å². The highest BCUT2D eigenvalue weighted by Crippen LogP contribution is 2.54. The normalized spacial score (nSPS) is 11.2. The standard InChI is InChI=1S/C17H2Cl10N2O2/c18-7-5(8(19)12(23)15(26)11(7)22)3-1-28-2-4(17(3)29(30)31)6-9(20)13(24)16(27)14(25)10(6)21/h1-2H. The Morgan fingerprint density at radius 2 is 0.806 bits per heavy atom. The Hall–Kier alpha value is -0.110. The maximum absolute atomic E-state index is 12.1. The molecule has 0 unspecified atom stereocenters. The molecule has 0 aliphatic rings. The van der Waals surface area contributed by atoms with Crippen molar-refractivity contribution >= 4 is 122 Å². The van der Waals surface area contributed by atoms with Crippen LogP contribution in [0.25, 0.3) is 22.3 Å². The zero-order valence-corrected chi connectivity index (χ0v) is 21.7. The van der Waals surface area contributed by atoms with E-state index in [1.807, 2.05) is 0 Å². The molecule has 31 heavy (non-hydrogen) atoms. The van der Waals surface area contributed by atoms with E-state index < -0.39 is 10.6 Å². The van der Waals surface area contributed by atoms with E-state index in [9.17, 15) is 10.1 Å². The molecule has 0 saturated carbocycles. The number of aromatic nitrogens is 1. The maximum atomic E-state index is 12.1. The van der Waals surface area contributed by atoms with Crippen LogP contribution in [0.3, 0.4) is 0 Å². The van der Waals surface area contributed by atoms with Crippen LogP contribution in [0.2, 0.25) is 50.2 Å². The molecule has 162 valence electrons. The van der Waals surface area contributed by atoms with Crippen molar-refractivity contribution in [1.82, 2.24) is 4.98 Å². The zero-order chi connectivity index (χ0) is 23.4. The minimum Gasteiger partial charge on any atom is -0.263 e. The van der Waals surface area contributed by atoms with Crippen LogP contribution >= 0.6 is 116 Å². The molecule has 0 atom stereocenters. The third-order valence-electron chi connectivity index (χ3n) is 4.06. The summed E-state index contributed by atoms with van der Waals surface area (Å²) < 4.78 is 0. The molecule has 14 heteroatoms. The molecule has 0 bridgehead atoms. The Kier molecular flexibility index (Phi) is 7.93. The van der Waals surface area contributed by atoms with Crippen molar-refractivity contribution in [1.29, 1.82) is 0 Å². The number of hydrogen-bond donors (Lipinski definition) is 0. The molecular weight excluding hydrogens is 619 g/mol. The molecule has 0 radical (unpaired) electrons. The number of benzene rings is 2. The fourth-order valence-electron chi connectivity index (χ4n) is 2.70. The van der Waals surface area contributed by atoms with Crippen molar-refractivity contribution in [2.75, 3.05) is 0 Å². The number of nitro groups is 1. The molecular formula is C17H2Cl10N2O2. The first-order chi connectivity index (χ1) is 14.4. The van der Waals surface area contributed by atoms with Gasteiger partial charge in [-0.2, -0.15) is 0 Å². The lowest BCUT2D eigenvalue weighted by atomic mass is 9.98. The monoisotopic (exact) mass is 616 g/mol. The topological polar surface area (TPSA) is 56.0 Å². The summed E-state index contributed by atoms with van der Waals surface area (Å²) >= 11 is 61.7. The summed E-state index contributed by atoms with van der Waals surface area (Å²) in [6, 6.07) is 0. The summed E-state index contributed by atoms with van der Waals surface area (Å²) in [6.07, 6.45) is 2.30. The molecule has 0 aliphatic carbocycles. The molecule has 0 fully saturated rings. The number of halogens is 10. The quantitative estimate of drug-likeness (QED) is 0.127. The minimum atomic E-state index is -0.710. The predicted octanol–water partition coefficient (Wildman–Crippen LogP) is 10.9. The first kappa shape index (κ1) is 25.5. The Balaban J connectivity index is 2.51. The van der Waals surface area contributed by atoms with Crippen LogP contribution in [0.15, 0.2) is 12.4 Å². The van der Waals surface area contributed by atoms with Crippen molar-refractivity contribution in [3.63, 3.8) is 0 Å². The second-order valence-corrected chi connectivity index (χ2v) is 9.51. The van der Waals surface area contributed by atoms with Crippen LogP contribution in [0.1, 0.15) is 0 Å². The number of hydrogen-bond acceptors (Lipinski definition) is 3. The molecule has 1 heterocycles. The highest BCUT2D eigenvalue weighted by atomic mass is 35.5. The molecule has 0 amide bonds. The van der Waals surface area contributed by atoms with Gasteiger partial charge in [-0.15, -0.1) is 0 Å². The van der Waals surface area contributed by atoms with Crippen molar-refractivity contribution in [3.05, 3.63) is 72.7 Å². The minimum absolute atomic E-state index is 0.0674. The summed E-state index contributed by atoms with van der Waals surface area (Å²) in [5.74, 6) is 0. The first-order valence-corrected chi connectivity index (χ1v) is 11.4. The Labute approximate surface area is 224 Å². The van der Waals surface area contributed by atoms with Crippen LogP contribution in [0.4, 0.5) is 5.69 Å². The van der Waals surface area contributed by atoms with Crippen LogP contribution in [0.5, 0.6) is 0 Å². The molecule has 0 N–H and O–H groups in total. The van der Waals surface area contributed by atoms with Crippen molar-refractivity contribution in [2.24, 2.45) is 0 Å². The SMILES string of the molecule is O=[N+]([O-])c1c(-c2c(Cl)c(Cl)c(Cl)c(Cl)c2Cl)cncc1-c1c(Cl)c(Cl)c(Cl)c(Cl)c1Cl. The van der Waals surface area contributed by atoms with Crippen LogP contribution in [0, 0.1) is 10.1 Å². The molecule has 0 spiro atoms. The van der Waals surface area contributed by atoms with Crippen LogP contribution < -0.4 is 0 Å². The van der Waals surface area contributed by atoms with Gasteiger partial charge in [0.05, 0.1) is 66.3 Å². The Morgan fingerprint density at radius 1 is 0.548 bits per heavy atom. The van der Waals surface area contributed by atoms with Gasteiger partial charge in [0.15, 0.2) is 0 Å². The fraction of sp³-hybridized carbons (Fsp3) is 0. The van der Waals surface area contributed by atoms with Gasteiger partial charge < -0.3 is 0 Å². The van der Waals surface area contributed by atoms with Crippen molar-refractivity contribution in [2.45, 2.75) is 0 Å². The van der Waals surface area contributed by atoms with Gasteiger partial charge >= 0.3 is 0 Å². The molecule has 2 aromatic carbocycles. The number of pyridine rings is 1. The summed E-state index contributed by atoms with van der Waals surface area (Å²) in [6.45, 7) is 0. The van der Waals surface area contributed by atoms with Gasteiger partial charge in [0.25, 0.3) is 5.69 Å². The summed E-state index contributed by atoms with van der Waals surface area (Å²) in [7, 11) is 0. The lowest BCUT2D eigenvalue weighted by Crippen LogP contribution is -2.00. The summed E-state index contributed by atoms with van der Waals surface area (Å²) in [5, 5.41) is 10.6. The first-order valence-electron chi connectivity index (χ1n) is 7.57. The highest BCUT2D eigenvalue weighted by molar-refractivity contribution is 6.58. The largest absolute Gasteiger partial charge is 0.288 e. The van der Waals surface area contributed by atoms with E-state index in [4.69, 9.17) is 116 Å². The number of rotatable bonds is 3.